The molecule has 2 aromatic carbocycles. The van der Waals surface area contributed by atoms with Crippen LogP contribution in [0.15, 0.2) is 52.4 Å². The van der Waals surface area contributed by atoms with Gasteiger partial charge in [-0.3, -0.25) is 9.69 Å². The zero-order valence-electron chi connectivity index (χ0n) is 13.6. The van der Waals surface area contributed by atoms with Gasteiger partial charge in [-0.1, -0.05) is 29.8 Å². The van der Waals surface area contributed by atoms with E-state index in [0.717, 1.165) is 5.69 Å². The van der Waals surface area contributed by atoms with E-state index in [1.807, 2.05) is 30.3 Å². The molecule has 1 N–H and O–H groups in total. The third-order valence-electron chi connectivity index (χ3n) is 3.55. The summed E-state index contributed by atoms with van der Waals surface area (Å²) >= 11 is 7.28. The minimum absolute atomic E-state index is 0.125. The maximum absolute atomic E-state index is 12.5. The summed E-state index contributed by atoms with van der Waals surface area (Å²) in [6.07, 6.45) is 1.70. The quantitative estimate of drug-likeness (QED) is 0.814. The number of hydrogen-bond donors (Lipinski definition) is 1. The molecule has 1 aliphatic heterocycles. The summed E-state index contributed by atoms with van der Waals surface area (Å²) in [4.78, 5) is 19.0. The van der Waals surface area contributed by atoms with Crippen molar-refractivity contribution in [2.45, 2.75) is 0 Å². The number of phenols is 1. The van der Waals surface area contributed by atoms with E-state index in [1.165, 1.54) is 23.8 Å². The van der Waals surface area contributed by atoms with Gasteiger partial charge in [0.15, 0.2) is 16.7 Å². The van der Waals surface area contributed by atoms with E-state index < -0.39 is 0 Å². The van der Waals surface area contributed by atoms with Crippen molar-refractivity contribution in [2.75, 3.05) is 14.2 Å². The number of carbonyl (C=O) groups is 1. The van der Waals surface area contributed by atoms with Gasteiger partial charge < -0.3 is 9.84 Å². The number of halogens is 1. The number of ether oxygens (including phenoxy) is 1. The number of thioether (sulfide) groups is 1. The third-order valence-corrected chi connectivity index (χ3v) is 4.90. The van der Waals surface area contributed by atoms with Crippen LogP contribution in [-0.2, 0) is 4.79 Å². The number of nitrogens with zero attached hydrogens (tertiary/aromatic N) is 2. The Hall–Kier alpha value is -2.44. The number of carbonyl (C=O) groups excluding carboxylic acids is 1. The number of benzene rings is 2. The van der Waals surface area contributed by atoms with E-state index in [1.54, 1.807) is 25.3 Å². The summed E-state index contributed by atoms with van der Waals surface area (Å²) in [5, 5.41) is 10.6. The smallest absolute Gasteiger partial charge is 0.266 e. The number of phenolic OH excluding ortho intramolecular Hbond substituents is 1. The van der Waals surface area contributed by atoms with E-state index in [4.69, 9.17) is 16.3 Å². The second-order valence-electron chi connectivity index (χ2n) is 5.26. The Morgan fingerprint density at radius 1 is 1.28 bits per heavy atom. The monoisotopic (exact) mass is 374 g/mol. The fourth-order valence-electron chi connectivity index (χ4n) is 2.25. The molecule has 0 aliphatic carbocycles. The Balaban J connectivity index is 1.94. The molecule has 0 bridgehead atoms. The minimum atomic E-state index is -0.150. The normalized spacial score (nSPS) is 17.6. The summed E-state index contributed by atoms with van der Waals surface area (Å²) in [6, 6.07) is 12.6. The van der Waals surface area contributed by atoms with Crippen LogP contribution in [0.3, 0.4) is 0 Å². The number of likely N-dealkylation sites (N-methyl/N-ethyl adjacent to an activating group) is 1. The predicted octanol–water partition coefficient (Wildman–Crippen LogP) is 4.29. The van der Waals surface area contributed by atoms with Crippen LogP contribution in [0.1, 0.15) is 5.56 Å². The van der Waals surface area contributed by atoms with Crippen LogP contribution in [0, 0.1) is 0 Å². The highest BCUT2D eigenvalue weighted by molar-refractivity contribution is 8.18. The molecule has 0 radical (unpaired) electrons. The summed E-state index contributed by atoms with van der Waals surface area (Å²) in [7, 11) is 3.12. The number of para-hydroxylation sites is 1. The van der Waals surface area contributed by atoms with Gasteiger partial charge in [0.25, 0.3) is 5.91 Å². The number of aliphatic imine (C=N–C) groups is 1. The molecule has 0 unspecified atom stereocenters. The summed E-state index contributed by atoms with van der Waals surface area (Å²) in [6.45, 7) is 0. The van der Waals surface area contributed by atoms with E-state index in [0.29, 0.717) is 15.6 Å². The molecule has 1 saturated heterocycles. The molecule has 5 nitrogen and oxygen atoms in total. The standard InChI is InChI=1S/C18H15ClN2O3S/c1-21-17(23)15(25-18(21)20-12-6-4-3-5-7-12)10-11-8-13(19)16(22)14(9-11)24-2/h3-10,22H,1-2H3/b15-10-,20-18?. The molecule has 1 fully saturated rings. The maximum atomic E-state index is 12.5. The molecule has 0 aromatic heterocycles. The zero-order valence-corrected chi connectivity index (χ0v) is 15.1. The number of rotatable bonds is 3. The first-order valence-corrected chi connectivity index (χ1v) is 8.57. The van der Waals surface area contributed by atoms with Crippen LogP contribution in [0.2, 0.25) is 5.02 Å². The van der Waals surface area contributed by atoms with Gasteiger partial charge in [-0.15, -0.1) is 0 Å². The predicted molar refractivity (Wildman–Crippen MR) is 102 cm³/mol. The highest BCUT2D eigenvalue weighted by Gasteiger charge is 2.30. The first kappa shape index (κ1) is 17.4. The minimum Gasteiger partial charge on any atom is -0.503 e. The van der Waals surface area contributed by atoms with Gasteiger partial charge in [0.2, 0.25) is 0 Å². The molecule has 1 amide bonds. The van der Waals surface area contributed by atoms with Crippen LogP contribution >= 0.6 is 23.4 Å². The van der Waals surface area contributed by atoms with Crippen LogP contribution < -0.4 is 4.74 Å². The summed E-state index contributed by atoms with van der Waals surface area (Å²) < 4.78 is 5.09. The fourth-order valence-corrected chi connectivity index (χ4v) is 3.45. The number of aromatic hydroxyl groups is 1. The first-order valence-electron chi connectivity index (χ1n) is 7.37. The highest BCUT2D eigenvalue weighted by atomic mass is 35.5. The van der Waals surface area contributed by atoms with Crippen molar-refractivity contribution < 1.29 is 14.6 Å². The lowest BCUT2D eigenvalue weighted by Crippen LogP contribution is -2.23. The van der Waals surface area contributed by atoms with Crippen molar-refractivity contribution in [1.82, 2.24) is 4.90 Å². The fraction of sp³-hybridized carbons (Fsp3) is 0.111. The van der Waals surface area contributed by atoms with Gasteiger partial charge in [-0.05, 0) is 47.7 Å². The van der Waals surface area contributed by atoms with Crippen LogP contribution in [-0.4, -0.2) is 35.2 Å². The first-order chi connectivity index (χ1) is 12.0. The van der Waals surface area contributed by atoms with E-state index in [2.05, 4.69) is 4.99 Å². The second-order valence-corrected chi connectivity index (χ2v) is 6.67. The molecular formula is C18H15ClN2O3S. The van der Waals surface area contributed by atoms with Gasteiger partial charge in [-0.2, -0.15) is 0 Å². The Bertz CT molecular complexity index is 881. The molecule has 1 aliphatic rings. The van der Waals surface area contributed by atoms with Gasteiger partial charge >= 0.3 is 0 Å². The van der Waals surface area contributed by atoms with Gasteiger partial charge in [0.1, 0.15) is 0 Å². The van der Waals surface area contributed by atoms with E-state index in [9.17, 15) is 9.90 Å². The van der Waals surface area contributed by atoms with Gasteiger partial charge in [-0.25, -0.2) is 4.99 Å². The molecule has 128 valence electrons. The van der Waals surface area contributed by atoms with Crippen LogP contribution in [0.5, 0.6) is 11.5 Å². The molecule has 2 aromatic rings. The Labute approximate surface area is 154 Å². The van der Waals surface area contributed by atoms with Crippen LogP contribution in [0.25, 0.3) is 6.08 Å². The summed E-state index contributed by atoms with van der Waals surface area (Å²) in [5.74, 6) is -0.0238. The van der Waals surface area contributed by atoms with Crippen molar-refractivity contribution in [3.8, 4) is 11.5 Å². The van der Waals surface area contributed by atoms with Gasteiger partial charge in [0.05, 0.1) is 22.7 Å². The van der Waals surface area contributed by atoms with Crippen molar-refractivity contribution >= 4 is 46.2 Å². The number of methoxy groups -OCH3 is 1. The lowest BCUT2D eigenvalue weighted by atomic mass is 10.2. The summed E-state index contributed by atoms with van der Waals surface area (Å²) in [5.41, 5.74) is 1.44. The van der Waals surface area contributed by atoms with Crippen molar-refractivity contribution in [1.29, 1.82) is 0 Å². The molecule has 25 heavy (non-hydrogen) atoms. The topological polar surface area (TPSA) is 62.1 Å². The SMILES string of the molecule is COc1cc(/C=C2\SC(=Nc3ccccc3)N(C)C2=O)cc(Cl)c1O. The van der Waals surface area contributed by atoms with E-state index in [-0.39, 0.29) is 22.4 Å². The molecule has 1 heterocycles. The van der Waals surface area contributed by atoms with Crippen LogP contribution in [0.4, 0.5) is 5.69 Å². The second kappa shape index (κ2) is 7.21. The zero-order chi connectivity index (χ0) is 18.0. The number of amides is 1. The Morgan fingerprint density at radius 2 is 2.00 bits per heavy atom. The lowest BCUT2D eigenvalue weighted by Gasteiger charge is -2.07. The molecule has 0 atom stereocenters. The molecule has 0 spiro atoms. The molecular weight excluding hydrogens is 360 g/mol. The number of amidine groups is 1. The van der Waals surface area contributed by atoms with Crippen molar-refractivity contribution in [3.63, 3.8) is 0 Å². The average Bonchev–Trinajstić information content (AvgIpc) is 2.87. The van der Waals surface area contributed by atoms with Crippen molar-refractivity contribution in [2.24, 2.45) is 4.99 Å². The van der Waals surface area contributed by atoms with Crippen molar-refractivity contribution in [3.05, 3.63) is 58.0 Å². The Kier molecular flexibility index (Phi) is 5.01. The number of hydrogen-bond acceptors (Lipinski definition) is 5. The lowest BCUT2D eigenvalue weighted by molar-refractivity contribution is -0.121. The molecule has 0 saturated carbocycles. The maximum Gasteiger partial charge on any atom is 0.266 e. The third kappa shape index (κ3) is 3.65. The van der Waals surface area contributed by atoms with Gasteiger partial charge in [0, 0.05) is 7.05 Å². The Morgan fingerprint density at radius 3 is 2.68 bits per heavy atom. The van der Waals surface area contributed by atoms with E-state index >= 15 is 0 Å². The largest absolute Gasteiger partial charge is 0.503 e. The average molecular weight is 375 g/mol. The highest BCUT2D eigenvalue weighted by Crippen LogP contribution is 2.38. The molecule has 7 heteroatoms. The molecule has 3 rings (SSSR count).